The second-order valence-corrected chi connectivity index (χ2v) is 5.10. The fourth-order valence-electron chi connectivity index (χ4n) is 2.56. The molecule has 3 rings (SSSR count). The topological polar surface area (TPSA) is 35.2 Å². The highest BCUT2D eigenvalue weighted by Crippen LogP contribution is 2.29. The lowest BCUT2D eigenvalue weighted by Gasteiger charge is -2.34. The summed E-state index contributed by atoms with van der Waals surface area (Å²) in [6, 6.07) is 18.5. The summed E-state index contributed by atoms with van der Waals surface area (Å²) in [6.45, 7) is 0.582. The molecule has 1 heterocycles. The van der Waals surface area contributed by atoms with Crippen LogP contribution in [-0.4, -0.2) is 12.1 Å². The van der Waals surface area contributed by atoms with E-state index in [0.29, 0.717) is 6.61 Å². The third-order valence-corrected chi connectivity index (χ3v) is 3.43. The van der Waals surface area contributed by atoms with Crippen LogP contribution in [0.5, 0.6) is 5.75 Å². The zero-order valence-electron chi connectivity index (χ0n) is 10.3. The van der Waals surface area contributed by atoms with Gasteiger partial charge in [0, 0.05) is 0 Å². The average Bonchev–Trinajstić information content (AvgIpc) is 2.39. The van der Waals surface area contributed by atoms with Crippen LogP contribution in [0.2, 0.25) is 0 Å². The van der Waals surface area contributed by atoms with Gasteiger partial charge >= 0.3 is 0 Å². The number of hydrogen-bond acceptors (Lipinski definition) is 2. The van der Waals surface area contributed by atoms with Crippen LogP contribution in [0.1, 0.15) is 11.1 Å². The Hall–Kier alpha value is -1.80. The SMILES string of the molecule is NC1(Cc2ccccc2)COc2ccccc2C1. The Labute approximate surface area is 107 Å². The van der Waals surface area contributed by atoms with E-state index in [9.17, 15) is 0 Å². The number of benzene rings is 2. The Kier molecular flexibility index (Phi) is 2.80. The van der Waals surface area contributed by atoms with Crippen LogP contribution in [0.4, 0.5) is 0 Å². The van der Waals surface area contributed by atoms with E-state index in [1.54, 1.807) is 0 Å². The lowest BCUT2D eigenvalue weighted by molar-refractivity contribution is 0.190. The first-order valence-electron chi connectivity index (χ1n) is 6.29. The van der Waals surface area contributed by atoms with Gasteiger partial charge in [0.25, 0.3) is 0 Å². The normalized spacial score (nSPS) is 22.1. The monoisotopic (exact) mass is 239 g/mol. The smallest absolute Gasteiger partial charge is 0.122 e. The maximum absolute atomic E-state index is 6.48. The van der Waals surface area contributed by atoms with E-state index in [1.807, 2.05) is 24.3 Å². The fraction of sp³-hybridized carbons (Fsp3) is 0.250. The summed E-state index contributed by atoms with van der Waals surface area (Å²) >= 11 is 0. The van der Waals surface area contributed by atoms with E-state index in [4.69, 9.17) is 10.5 Å². The van der Waals surface area contributed by atoms with Gasteiger partial charge < -0.3 is 10.5 Å². The molecule has 1 aliphatic heterocycles. The molecule has 2 nitrogen and oxygen atoms in total. The van der Waals surface area contributed by atoms with Gasteiger partial charge in [0.1, 0.15) is 12.4 Å². The minimum Gasteiger partial charge on any atom is -0.491 e. The molecule has 0 fully saturated rings. The number of hydrogen-bond donors (Lipinski definition) is 1. The number of fused-ring (bicyclic) bond motifs is 1. The molecular weight excluding hydrogens is 222 g/mol. The van der Waals surface area contributed by atoms with E-state index in [2.05, 4.69) is 30.3 Å². The molecule has 0 amide bonds. The van der Waals surface area contributed by atoms with Crippen LogP contribution >= 0.6 is 0 Å². The highest BCUT2D eigenvalue weighted by atomic mass is 16.5. The summed E-state index contributed by atoms with van der Waals surface area (Å²) in [6.07, 6.45) is 1.72. The minimum absolute atomic E-state index is 0.296. The molecular formula is C16H17NO. The van der Waals surface area contributed by atoms with Gasteiger partial charge in [0.05, 0.1) is 5.54 Å². The van der Waals surface area contributed by atoms with Gasteiger partial charge in [-0.05, 0) is 30.0 Å². The molecule has 0 saturated carbocycles. The van der Waals surface area contributed by atoms with Crippen molar-refractivity contribution in [3.63, 3.8) is 0 Å². The highest BCUT2D eigenvalue weighted by molar-refractivity contribution is 5.37. The predicted octanol–water partition coefficient (Wildman–Crippen LogP) is 2.56. The second-order valence-electron chi connectivity index (χ2n) is 5.10. The van der Waals surface area contributed by atoms with Crippen molar-refractivity contribution in [3.05, 3.63) is 65.7 Å². The maximum Gasteiger partial charge on any atom is 0.122 e. The molecule has 1 aliphatic rings. The average molecular weight is 239 g/mol. The fourth-order valence-corrected chi connectivity index (χ4v) is 2.56. The molecule has 18 heavy (non-hydrogen) atoms. The van der Waals surface area contributed by atoms with E-state index in [1.165, 1.54) is 11.1 Å². The van der Waals surface area contributed by atoms with Crippen LogP contribution < -0.4 is 10.5 Å². The van der Waals surface area contributed by atoms with E-state index >= 15 is 0 Å². The molecule has 92 valence electrons. The zero-order valence-corrected chi connectivity index (χ0v) is 10.3. The van der Waals surface area contributed by atoms with Crippen LogP contribution in [0.3, 0.4) is 0 Å². The quantitative estimate of drug-likeness (QED) is 0.874. The first-order valence-corrected chi connectivity index (χ1v) is 6.29. The summed E-state index contributed by atoms with van der Waals surface area (Å²) in [5.74, 6) is 0.978. The number of rotatable bonds is 2. The van der Waals surface area contributed by atoms with Gasteiger partial charge in [-0.1, -0.05) is 48.5 Å². The van der Waals surface area contributed by atoms with Crippen LogP contribution in [-0.2, 0) is 12.8 Å². The van der Waals surface area contributed by atoms with Crippen LogP contribution in [0.15, 0.2) is 54.6 Å². The van der Waals surface area contributed by atoms with E-state index < -0.39 is 0 Å². The largest absolute Gasteiger partial charge is 0.491 e. The molecule has 0 aliphatic carbocycles. The van der Waals surface area contributed by atoms with Crippen molar-refractivity contribution in [2.45, 2.75) is 18.4 Å². The van der Waals surface area contributed by atoms with Crippen molar-refractivity contribution in [1.29, 1.82) is 0 Å². The third-order valence-electron chi connectivity index (χ3n) is 3.43. The standard InChI is InChI=1S/C16H17NO/c17-16(10-13-6-2-1-3-7-13)11-14-8-4-5-9-15(14)18-12-16/h1-9H,10-12,17H2. The van der Waals surface area contributed by atoms with Crippen molar-refractivity contribution < 1.29 is 4.74 Å². The number of nitrogens with two attached hydrogens (primary N) is 1. The Balaban J connectivity index is 1.82. The summed E-state index contributed by atoms with van der Waals surface area (Å²) in [5.41, 5.74) is 8.66. The molecule has 0 radical (unpaired) electrons. The van der Waals surface area contributed by atoms with Gasteiger partial charge in [-0.15, -0.1) is 0 Å². The first kappa shape index (κ1) is 11.3. The summed E-state index contributed by atoms with van der Waals surface area (Å²) in [7, 11) is 0. The lowest BCUT2D eigenvalue weighted by Crippen LogP contribution is -2.51. The Morgan fingerprint density at radius 2 is 1.72 bits per heavy atom. The molecule has 0 bridgehead atoms. The summed E-state index contributed by atoms with van der Waals surface area (Å²) < 4.78 is 5.79. The van der Waals surface area contributed by atoms with Gasteiger partial charge in [0.15, 0.2) is 0 Å². The Bertz CT molecular complexity index is 538. The van der Waals surface area contributed by atoms with Gasteiger partial charge in [-0.2, -0.15) is 0 Å². The van der Waals surface area contributed by atoms with Gasteiger partial charge in [-0.3, -0.25) is 0 Å². The Morgan fingerprint density at radius 3 is 2.56 bits per heavy atom. The van der Waals surface area contributed by atoms with Crippen molar-refractivity contribution in [3.8, 4) is 5.75 Å². The Morgan fingerprint density at radius 1 is 1.00 bits per heavy atom. The second kappa shape index (κ2) is 4.46. The molecule has 1 unspecified atom stereocenters. The van der Waals surface area contributed by atoms with Crippen LogP contribution in [0, 0.1) is 0 Å². The third kappa shape index (κ3) is 2.24. The number of para-hydroxylation sites is 1. The van der Waals surface area contributed by atoms with Crippen molar-refractivity contribution in [1.82, 2.24) is 0 Å². The van der Waals surface area contributed by atoms with Crippen molar-refractivity contribution in [2.75, 3.05) is 6.61 Å². The van der Waals surface area contributed by atoms with Gasteiger partial charge in [-0.25, -0.2) is 0 Å². The molecule has 2 heteroatoms. The number of ether oxygens (including phenoxy) is 1. The first-order chi connectivity index (χ1) is 8.75. The zero-order chi connectivity index (χ0) is 12.4. The van der Waals surface area contributed by atoms with Gasteiger partial charge in [0.2, 0.25) is 0 Å². The van der Waals surface area contributed by atoms with E-state index in [-0.39, 0.29) is 5.54 Å². The summed E-state index contributed by atoms with van der Waals surface area (Å²) in [5, 5.41) is 0. The van der Waals surface area contributed by atoms with Crippen LogP contribution in [0.25, 0.3) is 0 Å². The highest BCUT2D eigenvalue weighted by Gasteiger charge is 2.31. The molecule has 2 N–H and O–H groups in total. The molecule has 0 saturated heterocycles. The molecule has 2 aromatic rings. The maximum atomic E-state index is 6.48. The van der Waals surface area contributed by atoms with Crippen molar-refractivity contribution >= 4 is 0 Å². The summed E-state index contributed by atoms with van der Waals surface area (Å²) in [4.78, 5) is 0. The minimum atomic E-state index is -0.296. The van der Waals surface area contributed by atoms with Crippen molar-refractivity contribution in [2.24, 2.45) is 5.73 Å². The lowest BCUT2D eigenvalue weighted by atomic mass is 9.84. The molecule has 0 spiro atoms. The molecule has 1 atom stereocenters. The van der Waals surface area contributed by atoms with E-state index in [0.717, 1.165) is 18.6 Å². The predicted molar refractivity (Wildman–Crippen MR) is 72.7 cm³/mol. The molecule has 2 aromatic carbocycles. The molecule has 0 aromatic heterocycles.